The molecule has 0 aliphatic heterocycles. The molecule has 2 nitrogen and oxygen atoms in total. The van der Waals surface area contributed by atoms with Crippen LogP contribution in [-0.2, 0) is 0 Å². The van der Waals surface area contributed by atoms with Crippen molar-refractivity contribution in [1.29, 1.82) is 10.5 Å². The summed E-state index contributed by atoms with van der Waals surface area (Å²) in [6.07, 6.45) is 3.59. The molecule has 0 unspecified atom stereocenters. The minimum absolute atomic E-state index is 0.646. The SMILES string of the molecule is CC1CCC(C#N)(C#N)CC1. The van der Waals surface area contributed by atoms with E-state index in [9.17, 15) is 0 Å². The van der Waals surface area contributed by atoms with Crippen LogP contribution in [0.1, 0.15) is 32.6 Å². The highest BCUT2D eigenvalue weighted by molar-refractivity contribution is 5.14. The summed E-state index contributed by atoms with van der Waals surface area (Å²) < 4.78 is 0. The van der Waals surface area contributed by atoms with Crippen molar-refractivity contribution in [2.45, 2.75) is 32.6 Å². The molecule has 0 aromatic rings. The minimum Gasteiger partial charge on any atom is -0.197 e. The van der Waals surface area contributed by atoms with E-state index in [0.717, 1.165) is 25.7 Å². The molecule has 0 aromatic carbocycles. The van der Waals surface area contributed by atoms with Crippen LogP contribution >= 0.6 is 0 Å². The van der Waals surface area contributed by atoms with Gasteiger partial charge in [0.1, 0.15) is 5.41 Å². The molecule has 0 N–H and O–H groups in total. The maximum atomic E-state index is 8.76. The molecular weight excluding hydrogens is 136 g/mol. The highest BCUT2D eigenvalue weighted by atomic mass is 14.4. The zero-order chi connectivity index (χ0) is 8.32. The summed E-state index contributed by atoms with van der Waals surface area (Å²) in [7, 11) is 0. The molecule has 1 saturated carbocycles. The summed E-state index contributed by atoms with van der Waals surface area (Å²) in [4.78, 5) is 0. The fraction of sp³-hybridized carbons (Fsp3) is 0.778. The predicted octanol–water partition coefficient (Wildman–Crippen LogP) is 2.23. The summed E-state index contributed by atoms with van der Waals surface area (Å²) in [5.41, 5.74) is -0.646. The number of hydrogen-bond donors (Lipinski definition) is 0. The Morgan fingerprint density at radius 1 is 1.18 bits per heavy atom. The molecule has 1 aliphatic rings. The van der Waals surface area contributed by atoms with Gasteiger partial charge in [0.05, 0.1) is 12.1 Å². The Hall–Kier alpha value is -1.02. The van der Waals surface area contributed by atoms with E-state index in [2.05, 4.69) is 19.1 Å². The Morgan fingerprint density at radius 2 is 1.64 bits per heavy atom. The fourth-order valence-corrected chi connectivity index (χ4v) is 1.50. The lowest BCUT2D eigenvalue weighted by Crippen LogP contribution is -2.23. The van der Waals surface area contributed by atoms with Gasteiger partial charge < -0.3 is 0 Å². The van der Waals surface area contributed by atoms with Crippen molar-refractivity contribution in [1.82, 2.24) is 0 Å². The van der Waals surface area contributed by atoms with E-state index >= 15 is 0 Å². The Kier molecular flexibility index (Phi) is 2.15. The lowest BCUT2D eigenvalue weighted by atomic mass is 9.73. The Balaban J connectivity index is 2.64. The summed E-state index contributed by atoms with van der Waals surface area (Å²) in [5.74, 6) is 0.699. The highest BCUT2D eigenvalue weighted by Gasteiger charge is 2.33. The van der Waals surface area contributed by atoms with Crippen LogP contribution in [0.15, 0.2) is 0 Å². The smallest absolute Gasteiger partial charge is 0.143 e. The van der Waals surface area contributed by atoms with Gasteiger partial charge in [0.2, 0.25) is 0 Å². The van der Waals surface area contributed by atoms with E-state index in [1.54, 1.807) is 0 Å². The van der Waals surface area contributed by atoms with Gasteiger partial charge in [-0.2, -0.15) is 10.5 Å². The average Bonchev–Trinajstić information content (AvgIpc) is 2.07. The number of nitrogens with zero attached hydrogens (tertiary/aromatic N) is 2. The van der Waals surface area contributed by atoms with Crippen molar-refractivity contribution in [3.63, 3.8) is 0 Å². The first-order chi connectivity index (χ1) is 5.22. The van der Waals surface area contributed by atoms with Crippen molar-refractivity contribution in [2.24, 2.45) is 11.3 Å². The van der Waals surface area contributed by atoms with Gasteiger partial charge in [-0.3, -0.25) is 0 Å². The van der Waals surface area contributed by atoms with Gasteiger partial charge in [0.15, 0.2) is 0 Å². The van der Waals surface area contributed by atoms with Crippen LogP contribution < -0.4 is 0 Å². The molecule has 11 heavy (non-hydrogen) atoms. The largest absolute Gasteiger partial charge is 0.197 e. The normalized spacial score (nSPS) is 23.5. The van der Waals surface area contributed by atoms with Crippen molar-refractivity contribution in [2.75, 3.05) is 0 Å². The lowest BCUT2D eigenvalue weighted by Gasteiger charge is -2.27. The molecule has 0 bridgehead atoms. The van der Waals surface area contributed by atoms with Gasteiger partial charge in [-0.1, -0.05) is 6.92 Å². The van der Waals surface area contributed by atoms with Gasteiger partial charge >= 0.3 is 0 Å². The van der Waals surface area contributed by atoms with Crippen molar-refractivity contribution >= 4 is 0 Å². The number of rotatable bonds is 0. The summed E-state index contributed by atoms with van der Waals surface area (Å²) >= 11 is 0. The van der Waals surface area contributed by atoms with Crippen LogP contribution in [0.3, 0.4) is 0 Å². The molecular formula is C9H12N2. The van der Waals surface area contributed by atoms with Crippen LogP contribution in [-0.4, -0.2) is 0 Å². The van der Waals surface area contributed by atoms with E-state index in [-0.39, 0.29) is 0 Å². The molecule has 0 atom stereocenters. The van der Waals surface area contributed by atoms with Crippen LogP contribution in [0.2, 0.25) is 0 Å². The van der Waals surface area contributed by atoms with E-state index < -0.39 is 5.41 Å². The van der Waals surface area contributed by atoms with Crippen LogP contribution in [0.5, 0.6) is 0 Å². The van der Waals surface area contributed by atoms with Gasteiger partial charge in [0.25, 0.3) is 0 Å². The fourth-order valence-electron chi connectivity index (χ4n) is 1.50. The Labute approximate surface area is 67.4 Å². The molecule has 0 heterocycles. The summed E-state index contributed by atoms with van der Waals surface area (Å²) in [5, 5.41) is 17.5. The molecule has 0 spiro atoms. The summed E-state index contributed by atoms with van der Waals surface area (Å²) in [6.45, 7) is 2.18. The second kappa shape index (κ2) is 2.93. The van der Waals surface area contributed by atoms with Gasteiger partial charge in [-0.15, -0.1) is 0 Å². The quantitative estimate of drug-likeness (QED) is 0.528. The van der Waals surface area contributed by atoms with Crippen molar-refractivity contribution in [3.05, 3.63) is 0 Å². The molecule has 0 aromatic heterocycles. The molecule has 0 amide bonds. The first kappa shape index (κ1) is 8.08. The van der Waals surface area contributed by atoms with Crippen LogP contribution in [0, 0.1) is 34.0 Å². The third-order valence-electron chi connectivity index (χ3n) is 2.56. The molecule has 58 valence electrons. The van der Waals surface area contributed by atoms with Crippen molar-refractivity contribution in [3.8, 4) is 12.1 Å². The zero-order valence-electron chi connectivity index (χ0n) is 6.80. The standard InChI is InChI=1S/C9H12N2/c1-8-2-4-9(6-10,7-11)5-3-8/h8H,2-5H2,1H3. The van der Waals surface area contributed by atoms with E-state index in [1.165, 1.54) is 0 Å². The van der Waals surface area contributed by atoms with Gasteiger partial charge in [-0.05, 0) is 31.6 Å². The zero-order valence-corrected chi connectivity index (χ0v) is 6.80. The first-order valence-electron chi connectivity index (χ1n) is 4.05. The first-order valence-corrected chi connectivity index (χ1v) is 4.05. The van der Waals surface area contributed by atoms with Gasteiger partial charge in [0, 0.05) is 0 Å². The highest BCUT2D eigenvalue weighted by Crippen LogP contribution is 2.37. The Bertz CT molecular complexity index is 195. The molecule has 1 rings (SSSR count). The predicted molar refractivity (Wildman–Crippen MR) is 41.3 cm³/mol. The second-order valence-corrected chi connectivity index (χ2v) is 3.49. The number of nitriles is 2. The molecule has 2 heteroatoms. The summed E-state index contributed by atoms with van der Waals surface area (Å²) in [6, 6.07) is 4.25. The topological polar surface area (TPSA) is 47.6 Å². The van der Waals surface area contributed by atoms with E-state index in [4.69, 9.17) is 10.5 Å². The third-order valence-corrected chi connectivity index (χ3v) is 2.56. The minimum atomic E-state index is -0.646. The van der Waals surface area contributed by atoms with Crippen LogP contribution in [0.25, 0.3) is 0 Å². The van der Waals surface area contributed by atoms with E-state index in [0.29, 0.717) is 5.92 Å². The van der Waals surface area contributed by atoms with Crippen LogP contribution in [0.4, 0.5) is 0 Å². The van der Waals surface area contributed by atoms with Crippen molar-refractivity contribution < 1.29 is 0 Å². The molecule has 1 fully saturated rings. The second-order valence-electron chi connectivity index (χ2n) is 3.49. The lowest BCUT2D eigenvalue weighted by molar-refractivity contribution is 0.278. The maximum Gasteiger partial charge on any atom is 0.143 e. The maximum absolute atomic E-state index is 8.76. The Morgan fingerprint density at radius 3 is 2.00 bits per heavy atom. The average molecular weight is 148 g/mol. The van der Waals surface area contributed by atoms with Gasteiger partial charge in [-0.25, -0.2) is 0 Å². The molecule has 0 radical (unpaired) electrons. The van der Waals surface area contributed by atoms with E-state index in [1.807, 2.05) is 0 Å². The third kappa shape index (κ3) is 1.52. The molecule has 0 saturated heterocycles. The number of hydrogen-bond acceptors (Lipinski definition) is 2. The molecule has 1 aliphatic carbocycles. The monoisotopic (exact) mass is 148 g/mol.